The number of nitrogens with zero attached hydrogens (tertiary/aromatic N) is 1. The second-order valence-electron chi connectivity index (χ2n) is 9.44. The number of hydrogen-bond donors (Lipinski definition) is 0. The number of hydrogen-bond acceptors (Lipinski definition) is 1. The van der Waals surface area contributed by atoms with Crippen molar-refractivity contribution in [3.05, 3.63) is 152 Å². The van der Waals surface area contributed by atoms with E-state index in [2.05, 4.69) is 157 Å². The molecule has 0 saturated carbocycles. The Labute approximate surface area is 216 Å². The molecule has 0 atom stereocenters. The van der Waals surface area contributed by atoms with Crippen LogP contribution in [0.1, 0.15) is 0 Å². The van der Waals surface area contributed by atoms with Gasteiger partial charge in [0.1, 0.15) is 0 Å². The first-order valence-corrected chi connectivity index (χ1v) is 12.7. The summed E-state index contributed by atoms with van der Waals surface area (Å²) < 4.78 is 0. The van der Waals surface area contributed by atoms with Gasteiger partial charge in [0, 0.05) is 17.1 Å². The molecule has 0 amide bonds. The van der Waals surface area contributed by atoms with Gasteiger partial charge in [-0.25, -0.2) is 0 Å². The van der Waals surface area contributed by atoms with E-state index in [9.17, 15) is 0 Å². The third kappa shape index (κ3) is 3.82. The molecular weight excluding hydrogens is 446 g/mol. The molecule has 7 aromatic carbocycles. The summed E-state index contributed by atoms with van der Waals surface area (Å²) in [5.74, 6) is 0. The standard InChI is InChI=1S/C36H25N/c1-3-12-30(13-4-1)37(31-14-5-2-6-15-31)32-22-20-27(21-23-32)34-17-9-11-28-24-29-19-18-26-10-7-8-16-33(26)36(29)25-35(28)34/h1-25H. The molecule has 0 bridgehead atoms. The summed E-state index contributed by atoms with van der Waals surface area (Å²) in [5, 5.41) is 7.70. The van der Waals surface area contributed by atoms with Crippen LogP contribution in [0.25, 0.3) is 43.4 Å². The van der Waals surface area contributed by atoms with Crippen molar-refractivity contribution in [1.82, 2.24) is 0 Å². The second kappa shape index (κ2) is 8.96. The number of fused-ring (bicyclic) bond motifs is 4. The van der Waals surface area contributed by atoms with E-state index in [1.165, 1.54) is 43.4 Å². The van der Waals surface area contributed by atoms with Gasteiger partial charge >= 0.3 is 0 Å². The maximum atomic E-state index is 2.37. The maximum Gasteiger partial charge on any atom is 0.0462 e. The largest absolute Gasteiger partial charge is 0.311 e. The maximum absolute atomic E-state index is 2.37. The van der Waals surface area contributed by atoms with E-state index in [1.807, 2.05) is 0 Å². The zero-order chi connectivity index (χ0) is 24.6. The van der Waals surface area contributed by atoms with Crippen molar-refractivity contribution in [3.8, 4) is 11.1 Å². The average molecular weight is 472 g/mol. The molecule has 0 saturated heterocycles. The molecule has 0 aliphatic heterocycles. The van der Waals surface area contributed by atoms with E-state index < -0.39 is 0 Å². The summed E-state index contributed by atoms with van der Waals surface area (Å²) in [7, 11) is 0. The van der Waals surface area contributed by atoms with Crippen LogP contribution in [0.4, 0.5) is 17.1 Å². The van der Waals surface area contributed by atoms with Crippen molar-refractivity contribution < 1.29 is 0 Å². The normalized spacial score (nSPS) is 11.2. The van der Waals surface area contributed by atoms with Gasteiger partial charge in [-0.05, 0) is 92.0 Å². The predicted molar refractivity (Wildman–Crippen MR) is 159 cm³/mol. The van der Waals surface area contributed by atoms with Gasteiger partial charge < -0.3 is 4.90 Å². The van der Waals surface area contributed by atoms with Crippen molar-refractivity contribution in [1.29, 1.82) is 0 Å². The molecule has 0 fully saturated rings. The Kier molecular flexibility index (Phi) is 5.19. The van der Waals surface area contributed by atoms with Crippen LogP contribution >= 0.6 is 0 Å². The lowest BCUT2D eigenvalue weighted by Crippen LogP contribution is -2.09. The zero-order valence-electron chi connectivity index (χ0n) is 20.4. The van der Waals surface area contributed by atoms with Gasteiger partial charge in [-0.1, -0.05) is 103 Å². The lowest BCUT2D eigenvalue weighted by atomic mass is 9.93. The first-order chi connectivity index (χ1) is 18.3. The highest BCUT2D eigenvalue weighted by Crippen LogP contribution is 2.38. The van der Waals surface area contributed by atoms with Crippen molar-refractivity contribution in [2.45, 2.75) is 0 Å². The van der Waals surface area contributed by atoms with E-state index in [0.717, 1.165) is 17.1 Å². The molecular formula is C36H25N. The summed E-state index contributed by atoms with van der Waals surface area (Å²) in [5.41, 5.74) is 5.90. The highest BCUT2D eigenvalue weighted by molar-refractivity contribution is 6.14. The van der Waals surface area contributed by atoms with Crippen molar-refractivity contribution in [2.75, 3.05) is 4.90 Å². The SMILES string of the molecule is c1ccc(N(c2ccccc2)c2ccc(-c3cccc4cc5ccc6ccccc6c5cc34)cc2)cc1. The first kappa shape index (κ1) is 21.4. The number of rotatable bonds is 4. The molecule has 0 aliphatic carbocycles. The lowest BCUT2D eigenvalue weighted by molar-refractivity contribution is 1.28. The Balaban J connectivity index is 1.36. The molecule has 0 N–H and O–H groups in total. The molecule has 7 aromatic rings. The van der Waals surface area contributed by atoms with Crippen LogP contribution in [0.15, 0.2) is 152 Å². The highest BCUT2D eigenvalue weighted by atomic mass is 15.1. The van der Waals surface area contributed by atoms with Crippen LogP contribution in [0.3, 0.4) is 0 Å². The third-order valence-corrected chi connectivity index (χ3v) is 7.21. The van der Waals surface area contributed by atoms with E-state index in [1.54, 1.807) is 0 Å². The molecule has 0 heterocycles. The average Bonchev–Trinajstić information content (AvgIpc) is 2.97. The fraction of sp³-hybridized carbons (Fsp3) is 0. The number of para-hydroxylation sites is 2. The molecule has 1 nitrogen and oxygen atoms in total. The Hall–Kier alpha value is -4.88. The van der Waals surface area contributed by atoms with Crippen LogP contribution < -0.4 is 4.90 Å². The highest BCUT2D eigenvalue weighted by Gasteiger charge is 2.13. The molecule has 7 rings (SSSR count). The van der Waals surface area contributed by atoms with E-state index in [4.69, 9.17) is 0 Å². The molecule has 1 heteroatoms. The minimum absolute atomic E-state index is 1.14. The topological polar surface area (TPSA) is 3.24 Å². The Bertz CT molecular complexity index is 1810. The van der Waals surface area contributed by atoms with Gasteiger partial charge in [0.2, 0.25) is 0 Å². The molecule has 174 valence electrons. The summed E-state index contributed by atoms with van der Waals surface area (Å²) in [6.07, 6.45) is 0. The van der Waals surface area contributed by atoms with E-state index in [-0.39, 0.29) is 0 Å². The number of anilines is 3. The summed E-state index contributed by atoms with van der Waals surface area (Å²) in [4.78, 5) is 2.30. The lowest BCUT2D eigenvalue weighted by Gasteiger charge is -2.25. The van der Waals surface area contributed by atoms with Crippen molar-refractivity contribution in [2.24, 2.45) is 0 Å². The van der Waals surface area contributed by atoms with Crippen molar-refractivity contribution >= 4 is 49.4 Å². The van der Waals surface area contributed by atoms with Gasteiger partial charge in [-0.3, -0.25) is 0 Å². The summed E-state index contributed by atoms with van der Waals surface area (Å²) >= 11 is 0. The quantitative estimate of drug-likeness (QED) is 0.182. The fourth-order valence-corrected chi connectivity index (χ4v) is 5.42. The Morgan fingerprint density at radius 3 is 1.62 bits per heavy atom. The monoisotopic (exact) mass is 471 g/mol. The molecule has 0 radical (unpaired) electrons. The molecule has 37 heavy (non-hydrogen) atoms. The van der Waals surface area contributed by atoms with Crippen LogP contribution in [0, 0.1) is 0 Å². The van der Waals surface area contributed by atoms with Gasteiger partial charge in [0.05, 0.1) is 0 Å². The Morgan fingerprint density at radius 1 is 0.324 bits per heavy atom. The van der Waals surface area contributed by atoms with E-state index in [0.29, 0.717) is 0 Å². The minimum Gasteiger partial charge on any atom is -0.311 e. The van der Waals surface area contributed by atoms with Crippen LogP contribution in [0.5, 0.6) is 0 Å². The minimum atomic E-state index is 1.14. The van der Waals surface area contributed by atoms with Crippen molar-refractivity contribution in [3.63, 3.8) is 0 Å². The van der Waals surface area contributed by atoms with Gasteiger partial charge in [0.15, 0.2) is 0 Å². The zero-order valence-corrected chi connectivity index (χ0v) is 20.4. The Morgan fingerprint density at radius 2 is 0.892 bits per heavy atom. The predicted octanol–water partition coefficient (Wildman–Crippen LogP) is 10.3. The van der Waals surface area contributed by atoms with E-state index >= 15 is 0 Å². The van der Waals surface area contributed by atoms with Gasteiger partial charge in [-0.2, -0.15) is 0 Å². The summed E-state index contributed by atoms with van der Waals surface area (Å²) in [6.45, 7) is 0. The van der Waals surface area contributed by atoms with Crippen LogP contribution in [-0.2, 0) is 0 Å². The van der Waals surface area contributed by atoms with Gasteiger partial charge in [-0.15, -0.1) is 0 Å². The first-order valence-electron chi connectivity index (χ1n) is 12.7. The smallest absolute Gasteiger partial charge is 0.0462 e. The molecule has 0 aromatic heterocycles. The van der Waals surface area contributed by atoms with Gasteiger partial charge in [0.25, 0.3) is 0 Å². The fourth-order valence-electron chi connectivity index (χ4n) is 5.42. The third-order valence-electron chi connectivity index (χ3n) is 7.21. The van der Waals surface area contributed by atoms with Crippen LogP contribution in [0.2, 0.25) is 0 Å². The number of benzene rings is 7. The summed E-state index contributed by atoms with van der Waals surface area (Å²) in [6, 6.07) is 54.4. The second-order valence-corrected chi connectivity index (χ2v) is 9.44. The van der Waals surface area contributed by atoms with Crippen LogP contribution in [-0.4, -0.2) is 0 Å². The molecule has 0 aliphatic rings. The molecule has 0 spiro atoms. The molecule has 0 unspecified atom stereocenters.